The van der Waals surface area contributed by atoms with Crippen molar-refractivity contribution in [3.05, 3.63) is 106 Å². The number of nitrogens with zero attached hydrogens (tertiary/aromatic N) is 2. The van der Waals surface area contributed by atoms with Crippen molar-refractivity contribution in [2.75, 3.05) is 5.32 Å². The number of aromatic hydroxyl groups is 1. The highest BCUT2D eigenvalue weighted by Crippen LogP contribution is 2.37. The Morgan fingerprint density at radius 1 is 0.895 bits per heavy atom. The van der Waals surface area contributed by atoms with E-state index in [9.17, 15) is 37.0 Å². The van der Waals surface area contributed by atoms with Gasteiger partial charge in [-0.1, -0.05) is 30.3 Å². The Hall–Kier alpha value is -4.38. The largest absolute Gasteiger partial charge is 0.508 e. The first-order valence-corrected chi connectivity index (χ1v) is 11.4. The number of halogens is 5. The Labute approximate surface area is 212 Å². The molecule has 4 aromatic rings. The molecule has 1 heterocycles. The number of carbonyl (C=O) groups is 1. The van der Waals surface area contributed by atoms with Gasteiger partial charge in [0.05, 0.1) is 17.8 Å². The number of phenols is 1. The van der Waals surface area contributed by atoms with Crippen LogP contribution < -0.4 is 5.32 Å². The van der Waals surface area contributed by atoms with E-state index in [1.54, 1.807) is 42.5 Å². The van der Waals surface area contributed by atoms with Gasteiger partial charge in [0.25, 0.3) is 0 Å². The molecule has 6 nitrogen and oxygen atoms in total. The van der Waals surface area contributed by atoms with Gasteiger partial charge in [0.15, 0.2) is 29.1 Å². The van der Waals surface area contributed by atoms with E-state index in [1.165, 1.54) is 6.07 Å². The molecule has 1 aliphatic rings. The normalized spacial score (nSPS) is 13.0. The van der Waals surface area contributed by atoms with Gasteiger partial charge in [-0.2, -0.15) is 0 Å². The van der Waals surface area contributed by atoms with Crippen LogP contribution >= 0.6 is 0 Å². The lowest BCUT2D eigenvalue weighted by Crippen LogP contribution is -2.22. The summed E-state index contributed by atoms with van der Waals surface area (Å²) >= 11 is 0. The summed E-state index contributed by atoms with van der Waals surface area (Å²) in [6.07, 6.45) is -1.72. The number of anilines is 1. The molecule has 0 bridgehead atoms. The third-order valence-electron chi connectivity index (χ3n) is 6.24. The Morgan fingerprint density at radius 3 is 2.24 bits per heavy atom. The Kier molecular flexibility index (Phi) is 6.53. The summed E-state index contributed by atoms with van der Waals surface area (Å²) in [5.41, 5.74) is 1.32. The first kappa shape index (κ1) is 25.3. The van der Waals surface area contributed by atoms with Crippen LogP contribution in [0.2, 0.25) is 0 Å². The van der Waals surface area contributed by atoms with E-state index < -0.39 is 53.1 Å². The van der Waals surface area contributed by atoms with Crippen molar-refractivity contribution in [2.24, 2.45) is 0 Å². The van der Waals surface area contributed by atoms with Crippen LogP contribution in [-0.4, -0.2) is 26.1 Å². The molecule has 0 fully saturated rings. The van der Waals surface area contributed by atoms with Gasteiger partial charge in [-0.3, -0.25) is 4.79 Å². The van der Waals surface area contributed by atoms with Crippen molar-refractivity contribution >= 4 is 11.7 Å². The number of hydrogen-bond acceptors (Lipinski definition) is 5. The summed E-state index contributed by atoms with van der Waals surface area (Å²) in [7, 11) is 0. The third kappa shape index (κ3) is 4.45. The quantitative estimate of drug-likeness (QED) is 0.195. The molecule has 11 heteroatoms. The number of nitrogens with one attached hydrogen (secondary N) is 1. The fourth-order valence-corrected chi connectivity index (χ4v) is 4.36. The number of aliphatic hydroxyl groups excluding tert-OH is 1. The summed E-state index contributed by atoms with van der Waals surface area (Å²) in [4.78, 5) is 21.8. The van der Waals surface area contributed by atoms with Gasteiger partial charge in [-0.25, -0.2) is 31.9 Å². The molecule has 194 valence electrons. The molecule has 3 aromatic carbocycles. The predicted octanol–water partition coefficient (Wildman–Crippen LogP) is 4.91. The monoisotopic (exact) mass is 527 g/mol. The minimum atomic E-state index is -2.33. The highest BCUT2D eigenvalue weighted by molar-refractivity contribution is 5.92. The molecule has 1 atom stereocenters. The van der Waals surface area contributed by atoms with Gasteiger partial charge in [0, 0.05) is 11.1 Å². The highest BCUT2D eigenvalue weighted by Gasteiger charge is 2.29. The maximum absolute atomic E-state index is 14.1. The van der Waals surface area contributed by atoms with E-state index in [0.717, 1.165) is 5.56 Å². The number of phenolic OH excluding ortho intramolecular Hbond substituents is 1. The van der Waals surface area contributed by atoms with Gasteiger partial charge in [-0.15, -0.1) is 0 Å². The number of carbonyl (C=O) groups excluding carboxylic acids is 1. The second-order valence-corrected chi connectivity index (χ2v) is 8.68. The van der Waals surface area contributed by atoms with Crippen LogP contribution in [0.4, 0.5) is 27.8 Å². The molecule has 1 amide bonds. The second kappa shape index (κ2) is 9.82. The standard InChI is InChI=1S/C27H18F5N3O3/c28-19-16(20(29)22(31)23(32)21(19)30)11-18(37)34-27-25(26(38)12-4-2-1-3-5-12)35-24-15-8-7-14(36)10-13(15)6-9-17(24)33-27/h1-5,7-8,10,26,36,38H,6,9,11H2,(H,33,34,37). The zero-order valence-electron chi connectivity index (χ0n) is 19.4. The van der Waals surface area contributed by atoms with E-state index in [-0.39, 0.29) is 17.3 Å². The predicted molar refractivity (Wildman–Crippen MR) is 126 cm³/mol. The number of aromatic nitrogens is 2. The smallest absolute Gasteiger partial charge is 0.230 e. The van der Waals surface area contributed by atoms with Crippen molar-refractivity contribution in [2.45, 2.75) is 25.4 Å². The summed E-state index contributed by atoms with van der Waals surface area (Å²) < 4.78 is 68.9. The molecular weight excluding hydrogens is 509 g/mol. The van der Waals surface area contributed by atoms with Crippen molar-refractivity contribution in [1.29, 1.82) is 0 Å². The minimum absolute atomic E-state index is 0.0710. The average Bonchev–Trinajstić information content (AvgIpc) is 2.92. The molecular formula is C27H18F5N3O3. The lowest BCUT2D eigenvalue weighted by atomic mass is 9.91. The Morgan fingerprint density at radius 2 is 1.55 bits per heavy atom. The number of hydrogen-bond donors (Lipinski definition) is 3. The number of aryl methyl sites for hydroxylation is 2. The van der Waals surface area contributed by atoms with Crippen LogP contribution in [0.25, 0.3) is 11.3 Å². The molecule has 3 N–H and O–H groups in total. The molecule has 0 aliphatic heterocycles. The van der Waals surface area contributed by atoms with Crippen LogP contribution in [0.15, 0.2) is 48.5 Å². The van der Waals surface area contributed by atoms with E-state index in [4.69, 9.17) is 0 Å². The lowest BCUT2D eigenvalue weighted by Gasteiger charge is -2.23. The van der Waals surface area contributed by atoms with Crippen LogP contribution in [0, 0.1) is 29.1 Å². The first-order valence-electron chi connectivity index (χ1n) is 11.4. The third-order valence-corrected chi connectivity index (χ3v) is 6.24. The molecule has 38 heavy (non-hydrogen) atoms. The summed E-state index contributed by atoms with van der Waals surface area (Å²) in [5.74, 6) is -12.2. The van der Waals surface area contributed by atoms with Crippen molar-refractivity contribution in [3.8, 4) is 17.0 Å². The topological polar surface area (TPSA) is 95.3 Å². The number of fused-ring (bicyclic) bond motifs is 3. The van der Waals surface area contributed by atoms with Crippen LogP contribution in [0.1, 0.15) is 34.2 Å². The maximum Gasteiger partial charge on any atom is 0.230 e. The van der Waals surface area contributed by atoms with Crippen LogP contribution in [-0.2, 0) is 24.1 Å². The van der Waals surface area contributed by atoms with Crippen LogP contribution in [0.5, 0.6) is 5.75 Å². The Bertz CT molecular complexity index is 1550. The highest BCUT2D eigenvalue weighted by atomic mass is 19.2. The van der Waals surface area contributed by atoms with Crippen molar-refractivity contribution < 1.29 is 37.0 Å². The van der Waals surface area contributed by atoms with E-state index in [0.29, 0.717) is 35.4 Å². The molecule has 0 saturated carbocycles. The maximum atomic E-state index is 14.1. The number of amides is 1. The molecule has 1 unspecified atom stereocenters. The van der Waals surface area contributed by atoms with Gasteiger partial charge < -0.3 is 15.5 Å². The fourth-order valence-electron chi connectivity index (χ4n) is 4.36. The molecule has 1 aromatic heterocycles. The number of rotatable bonds is 5. The summed E-state index contributed by atoms with van der Waals surface area (Å²) in [5, 5.41) is 23.3. The number of aliphatic hydroxyl groups is 1. The molecule has 0 radical (unpaired) electrons. The minimum Gasteiger partial charge on any atom is -0.508 e. The Balaban J connectivity index is 1.56. The average molecular weight is 527 g/mol. The number of benzene rings is 3. The van der Waals surface area contributed by atoms with E-state index in [1.807, 2.05) is 0 Å². The van der Waals surface area contributed by atoms with Gasteiger partial charge in [0.2, 0.25) is 11.7 Å². The SMILES string of the molecule is O=C(Cc1c(F)c(F)c(F)c(F)c1F)Nc1nc2c(nc1C(O)c1ccccc1)-c1ccc(O)cc1CC2. The van der Waals surface area contributed by atoms with E-state index in [2.05, 4.69) is 15.3 Å². The molecule has 1 aliphatic carbocycles. The second-order valence-electron chi connectivity index (χ2n) is 8.68. The van der Waals surface area contributed by atoms with Crippen LogP contribution in [0.3, 0.4) is 0 Å². The van der Waals surface area contributed by atoms with Gasteiger partial charge in [0.1, 0.15) is 17.5 Å². The van der Waals surface area contributed by atoms with Crippen molar-refractivity contribution in [3.63, 3.8) is 0 Å². The summed E-state index contributed by atoms with van der Waals surface area (Å²) in [6.45, 7) is 0. The zero-order chi connectivity index (χ0) is 27.1. The summed E-state index contributed by atoms with van der Waals surface area (Å²) in [6, 6.07) is 13.0. The molecule has 0 saturated heterocycles. The lowest BCUT2D eigenvalue weighted by molar-refractivity contribution is -0.115. The van der Waals surface area contributed by atoms with Gasteiger partial charge >= 0.3 is 0 Å². The van der Waals surface area contributed by atoms with Gasteiger partial charge in [-0.05, 0) is 42.2 Å². The molecule has 5 rings (SSSR count). The van der Waals surface area contributed by atoms with E-state index >= 15 is 0 Å². The fraction of sp³-hybridized carbons (Fsp3) is 0.148. The van der Waals surface area contributed by atoms with Crippen molar-refractivity contribution in [1.82, 2.24) is 9.97 Å². The zero-order valence-corrected chi connectivity index (χ0v) is 19.4. The molecule has 0 spiro atoms. The first-order chi connectivity index (χ1) is 18.2.